The van der Waals surface area contributed by atoms with Crippen LogP contribution in [0.4, 0.5) is 8.78 Å². The van der Waals surface area contributed by atoms with Crippen LogP contribution in [-0.2, 0) is 10.8 Å². The Kier molecular flexibility index (Phi) is 8.32. The number of benzene rings is 2. The zero-order valence-electron chi connectivity index (χ0n) is 26.6. The Bertz CT molecular complexity index is 1450. The number of rotatable bonds is 6. The molecule has 42 heavy (non-hydrogen) atoms. The van der Waals surface area contributed by atoms with E-state index < -0.39 is 26.1 Å². The Morgan fingerprint density at radius 3 is 2.24 bits per heavy atom. The summed E-state index contributed by atoms with van der Waals surface area (Å²) >= 11 is 0. The summed E-state index contributed by atoms with van der Waals surface area (Å²) in [6, 6.07) is 12.1. The van der Waals surface area contributed by atoms with E-state index in [2.05, 4.69) is 47.7 Å². The summed E-state index contributed by atoms with van der Waals surface area (Å²) in [5.74, 6) is -1.57. The van der Waals surface area contributed by atoms with Crippen molar-refractivity contribution in [3.05, 3.63) is 87.7 Å². The molecule has 3 aromatic rings. The molecule has 1 saturated carbocycles. The number of aryl methyl sites for hydroxylation is 1. The van der Waals surface area contributed by atoms with Gasteiger partial charge >= 0.3 is 0 Å². The van der Waals surface area contributed by atoms with Gasteiger partial charge in [0.2, 0.25) is 0 Å². The fourth-order valence-electron chi connectivity index (χ4n) is 6.59. The maximum atomic E-state index is 15.0. The predicted octanol–water partition coefficient (Wildman–Crippen LogP) is 10.1. The minimum absolute atomic E-state index is 0.0155. The van der Waals surface area contributed by atoms with E-state index >= 15 is 0 Å². The van der Waals surface area contributed by atoms with Gasteiger partial charge in [-0.15, -0.1) is 0 Å². The van der Waals surface area contributed by atoms with Crippen LogP contribution in [-0.4, -0.2) is 18.4 Å². The largest absolute Gasteiger partial charge is 0.410 e. The van der Waals surface area contributed by atoms with Crippen molar-refractivity contribution in [3.8, 4) is 11.1 Å². The zero-order valence-corrected chi connectivity index (χ0v) is 27.6. The molecule has 1 aromatic heterocycles. The van der Waals surface area contributed by atoms with Gasteiger partial charge in [-0.1, -0.05) is 83.4 Å². The lowest BCUT2D eigenvalue weighted by molar-refractivity contribution is 0.106. The molecule has 0 aliphatic heterocycles. The van der Waals surface area contributed by atoms with Crippen LogP contribution in [0.2, 0.25) is 18.1 Å². The Morgan fingerprint density at radius 1 is 1.00 bits per heavy atom. The molecule has 1 unspecified atom stereocenters. The first-order valence-electron chi connectivity index (χ1n) is 15.5. The summed E-state index contributed by atoms with van der Waals surface area (Å²) in [6.07, 6.45) is 4.55. The zero-order chi connectivity index (χ0) is 30.6. The van der Waals surface area contributed by atoms with Gasteiger partial charge in [0.1, 0.15) is 6.10 Å². The second-order valence-electron chi connectivity index (χ2n) is 15.0. The third-order valence-electron chi connectivity index (χ3n) is 9.95. The van der Waals surface area contributed by atoms with Crippen molar-refractivity contribution < 1.29 is 18.3 Å². The van der Waals surface area contributed by atoms with Gasteiger partial charge in [-0.25, -0.2) is 8.78 Å². The van der Waals surface area contributed by atoms with E-state index in [1.165, 1.54) is 12.1 Å². The van der Waals surface area contributed by atoms with Crippen molar-refractivity contribution in [2.24, 2.45) is 5.41 Å². The minimum atomic E-state index is -2.25. The first-order valence-corrected chi connectivity index (χ1v) is 18.4. The fraction of sp³-hybridized carbons (Fsp3) is 0.528. The van der Waals surface area contributed by atoms with Gasteiger partial charge in [-0.05, 0) is 85.0 Å². The number of nitrogens with zero attached hydrogens (tertiary/aromatic N) is 1. The molecule has 226 valence electrons. The number of hydrogen-bond acceptors (Lipinski definition) is 3. The van der Waals surface area contributed by atoms with Gasteiger partial charge in [0, 0.05) is 22.7 Å². The van der Waals surface area contributed by atoms with E-state index in [1.54, 1.807) is 6.07 Å². The third-order valence-corrected chi connectivity index (χ3v) is 14.4. The van der Waals surface area contributed by atoms with Gasteiger partial charge in [-0.3, -0.25) is 4.98 Å². The molecule has 2 atom stereocenters. The first-order chi connectivity index (χ1) is 19.6. The number of hydrogen-bond donors (Lipinski definition) is 1. The molecule has 1 heterocycles. The molecule has 2 aromatic carbocycles. The summed E-state index contributed by atoms with van der Waals surface area (Å²) in [7, 11) is -2.25. The van der Waals surface area contributed by atoms with Crippen molar-refractivity contribution in [3.63, 3.8) is 0 Å². The number of aromatic nitrogens is 1. The third kappa shape index (κ3) is 6.00. The average Bonchev–Trinajstić information content (AvgIpc) is 3.43. The summed E-state index contributed by atoms with van der Waals surface area (Å²) in [4.78, 5) is 5.43. The minimum Gasteiger partial charge on any atom is -0.410 e. The highest BCUT2D eigenvalue weighted by Gasteiger charge is 2.45. The van der Waals surface area contributed by atoms with E-state index in [0.717, 1.165) is 77.7 Å². The smallest absolute Gasteiger partial charge is 0.192 e. The quantitative estimate of drug-likeness (QED) is 0.290. The molecule has 0 spiro atoms. The molecule has 2 aliphatic rings. The van der Waals surface area contributed by atoms with Crippen LogP contribution >= 0.6 is 0 Å². The summed E-state index contributed by atoms with van der Waals surface area (Å²) in [6.45, 7) is 17.8. The molecule has 0 bridgehead atoms. The molecule has 0 amide bonds. The van der Waals surface area contributed by atoms with E-state index in [9.17, 15) is 13.9 Å². The van der Waals surface area contributed by atoms with Crippen LogP contribution in [0.15, 0.2) is 42.5 Å². The van der Waals surface area contributed by atoms with Gasteiger partial charge in [0.15, 0.2) is 20.0 Å². The van der Waals surface area contributed by atoms with Crippen LogP contribution in [0, 0.1) is 24.0 Å². The van der Waals surface area contributed by atoms with E-state index in [4.69, 9.17) is 9.41 Å². The van der Waals surface area contributed by atoms with Crippen molar-refractivity contribution >= 4 is 8.32 Å². The number of aliphatic hydroxyl groups is 1. The summed E-state index contributed by atoms with van der Waals surface area (Å²) in [5.41, 5.74) is 6.69. The van der Waals surface area contributed by atoms with Gasteiger partial charge in [0.25, 0.3) is 0 Å². The maximum absolute atomic E-state index is 15.0. The SMILES string of the molecule is Cc1ccc(C(O)c2c(C3CCCC3)nc3c(c2-c2ccc(F)c(F)c2)[C@@H](O[Si](C)(C)C(C)(C)C)CC(C)(C)C3)cc1. The van der Waals surface area contributed by atoms with Crippen LogP contribution in [0.5, 0.6) is 0 Å². The lowest BCUT2D eigenvalue weighted by atomic mass is 9.71. The molecule has 0 radical (unpaired) electrons. The monoisotopic (exact) mass is 591 g/mol. The maximum Gasteiger partial charge on any atom is 0.192 e. The van der Waals surface area contributed by atoms with Crippen LogP contribution in [0.1, 0.15) is 118 Å². The molecule has 2 aliphatic carbocycles. The first kappa shape index (κ1) is 31.0. The molecule has 1 N–H and O–H groups in total. The fourth-order valence-corrected chi connectivity index (χ4v) is 7.86. The number of fused-ring (bicyclic) bond motifs is 1. The predicted molar refractivity (Wildman–Crippen MR) is 169 cm³/mol. The topological polar surface area (TPSA) is 42.4 Å². The second kappa shape index (κ2) is 11.3. The summed E-state index contributed by atoms with van der Waals surface area (Å²) in [5, 5.41) is 12.2. The molecule has 5 rings (SSSR count). The Hall–Kier alpha value is -2.41. The lowest BCUT2D eigenvalue weighted by Crippen LogP contribution is -2.44. The standard InChI is InChI=1S/C36H47F2NO2Si/c1-22-13-15-24(16-14-22)34(40)32-30(25-17-18-26(37)27(38)19-25)31-28(39-33(32)23-11-9-10-12-23)20-36(5,6)21-29(31)41-42(7,8)35(2,3)4/h13-19,23,29,34,40H,9-12,20-21H2,1-8H3/t29-,34?/m0/s1. The van der Waals surface area contributed by atoms with Gasteiger partial charge in [-0.2, -0.15) is 0 Å². The number of pyridine rings is 1. The van der Waals surface area contributed by atoms with Crippen LogP contribution in [0.3, 0.4) is 0 Å². The van der Waals surface area contributed by atoms with Gasteiger partial charge < -0.3 is 9.53 Å². The molecule has 3 nitrogen and oxygen atoms in total. The van der Waals surface area contributed by atoms with Crippen LogP contribution < -0.4 is 0 Å². The molecular weight excluding hydrogens is 544 g/mol. The van der Waals surface area contributed by atoms with Crippen molar-refractivity contribution in [2.75, 3.05) is 0 Å². The highest BCUT2D eigenvalue weighted by Crippen LogP contribution is 2.53. The van der Waals surface area contributed by atoms with Crippen LogP contribution in [0.25, 0.3) is 11.1 Å². The molecule has 0 saturated heterocycles. The second-order valence-corrected chi connectivity index (χ2v) is 19.7. The Balaban J connectivity index is 1.86. The molecule has 6 heteroatoms. The highest BCUT2D eigenvalue weighted by molar-refractivity contribution is 6.74. The van der Waals surface area contributed by atoms with Crippen molar-refractivity contribution in [1.82, 2.24) is 4.98 Å². The van der Waals surface area contributed by atoms with Crippen molar-refractivity contribution in [2.45, 2.75) is 116 Å². The van der Waals surface area contributed by atoms with E-state index in [0.29, 0.717) is 5.56 Å². The Morgan fingerprint density at radius 2 is 1.64 bits per heavy atom. The Labute approximate surface area is 251 Å². The van der Waals surface area contributed by atoms with E-state index in [1.807, 2.05) is 31.2 Å². The molecule has 1 fully saturated rings. The highest BCUT2D eigenvalue weighted by atomic mass is 28.4. The van der Waals surface area contributed by atoms with E-state index in [-0.39, 0.29) is 22.5 Å². The summed E-state index contributed by atoms with van der Waals surface area (Å²) < 4.78 is 36.5. The number of halogens is 2. The molecular formula is C36H47F2NO2Si. The number of aliphatic hydroxyl groups excluding tert-OH is 1. The van der Waals surface area contributed by atoms with Crippen molar-refractivity contribution in [1.29, 1.82) is 0 Å². The normalized spacial score (nSPS) is 20.0. The van der Waals surface area contributed by atoms with Gasteiger partial charge in [0.05, 0.1) is 11.8 Å². The average molecular weight is 592 g/mol. The lowest BCUT2D eigenvalue weighted by Gasteiger charge is -2.45.